The third-order valence-electron chi connectivity index (χ3n) is 3.71. The lowest BCUT2D eigenvalue weighted by Crippen LogP contribution is -2.36. The molecular formula is C14H18N2O4S. The fourth-order valence-corrected chi connectivity index (χ4v) is 2.92. The van der Waals surface area contributed by atoms with Crippen LogP contribution in [0.1, 0.15) is 29.4 Å². The number of carbonyl (C=O) groups excluding carboxylic acids is 2. The lowest BCUT2D eigenvalue weighted by molar-refractivity contribution is -0.147. The van der Waals surface area contributed by atoms with Gasteiger partial charge < -0.3 is 15.3 Å². The van der Waals surface area contributed by atoms with Gasteiger partial charge in [-0.3, -0.25) is 14.4 Å². The van der Waals surface area contributed by atoms with Crippen LogP contribution in [0, 0.1) is 5.41 Å². The fourth-order valence-electron chi connectivity index (χ4n) is 2.28. The Kier molecular flexibility index (Phi) is 4.62. The number of amides is 2. The number of carbonyl (C=O) groups is 3. The quantitative estimate of drug-likeness (QED) is 0.855. The Balaban J connectivity index is 1.76. The van der Waals surface area contributed by atoms with E-state index in [4.69, 9.17) is 5.11 Å². The van der Waals surface area contributed by atoms with Crippen molar-refractivity contribution in [2.45, 2.75) is 19.8 Å². The van der Waals surface area contributed by atoms with Crippen LogP contribution >= 0.6 is 11.3 Å². The molecular weight excluding hydrogens is 292 g/mol. The van der Waals surface area contributed by atoms with Gasteiger partial charge >= 0.3 is 5.97 Å². The van der Waals surface area contributed by atoms with Crippen molar-refractivity contribution in [3.63, 3.8) is 0 Å². The van der Waals surface area contributed by atoms with Crippen LogP contribution in [0.2, 0.25) is 0 Å². The molecule has 0 saturated carbocycles. The molecule has 0 spiro atoms. The SMILES string of the molecule is CC1(C(=O)O)CCN(C(=O)CCNC(=O)c2cccs2)C1. The van der Waals surface area contributed by atoms with Gasteiger partial charge in [-0.2, -0.15) is 0 Å². The summed E-state index contributed by atoms with van der Waals surface area (Å²) >= 11 is 1.35. The first-order valence-corrected chi connectivity index (χ1v) is 7.63. The van der Waals surface area contributed by atoms with Crippen LogP contribution in [-0.2, 0) is 9.59 Å². The van der Waals surface area contributed by atoms with Crippen molar-refractivity contribution in [2.24, 2.45) is 5.41 Å². The molecule has 2 heterocycles. The van der Waals surface area contributed by atoms with Gasteiger partial charge in [0.05, 0.1) is 10.3 Å². The van der Waals surface area contributed by atoms with E-state index in [1.54, 1.807) is 24.0 Å². The highest BCUT2D eigenvalue weighted by Crippen LogP contribution is 2.30. The number of rotatable bonds is 5. The van der Waals surface area contributed by atoms with Gasteiger partial charge in [0.1, 0.15) is 0 Å². The van der Waals surface area contributed by atoms with Crippen LogP contribution < -0.4 is 5.32 Å². The Hall–Kier alpha value is -1.89. The Morgan fingerprint density at radius 2 is 2.24 bits per heavy atom. The first kappa shape index (κ1) is 15.5. The van der Waals surface area contributed by atoms with Gasteiger partial charge in [0.25, 0.3) is 5.91 Å². The van der Waals surface area contributed by atoms with E-state index in [1.165, 1.54) is 11.3 Å². The maximum absolute atomic E-state index is 12.0. The Bertz CT molecular complexity index is 543. The summed E-state index contributed by atoms with van der Waals surface area (Å²) in [6, 6.07) is 3.52. The number of aliphatic carboxylic acids is 1. The lowest BCUT2D eigenvalue weighted by atomic mass is 9.90. The minimum absolute atomic E-state index is 0.119. The third kappa shape index (κ3) is 3.60. The van der Waals surface area contributed by atoms with Crippen LogP contribution in [0.4, 0.5) is 0 Å². The highest BCUT2D eigenvalue weighted by atomic mass is 32.1. The molecule has 1 aromatic rings. The number of thiophene rings is 1. The molecule has 1 atom stereocenters. The average molecular weight is 310 g/mol. The Morgan fingerprint density at radius 3 is 2.81 bits per heavy atom. The smallest absolute Gasteiger partial charge is 0.311 e. The molecule has 6 nitrogen and oxygen atoms in total. The fraction of sp³-hybridized carbons (Fsp3) is 0.500. The highest BCUT2D eigenvalue weighted by Gasteiger charge is 2.41. The molecule has 1 aliphatic heterocycles. The van der Waals surface area contributed by atoms with Crippen LogP contribution in [-0.4, -0.2) is 47.4 Å². The monoisotopic (exact) mass is 310 g/mol. The zero-order valence-electron chi connectivity index (χ0n) is 11.8. The normalized spacial score (nSPS) is 21.3. The second-order valence-corrected chi connectivity index (χ2v) is 6.36. The molecule has 0 aromatic carbocycles. The molecule has 2 amide bonds. The van der Waals surface area contributed by atoms with Gasteiger partial charge in [-0.1, -0.05) is 6.07 Å². The zero-order valence-corrected chi connectivity index (χ0v) is 12.6. The number of carboxylic acid groups (broad SMARTS) is 1. The van der Waals surface area contributed by atoms with E-state index in [0.717, 1.165) is 0 Å². The van der Waals surface area contributed by atoms with Crippen LogP contribution in [0.5, 0.6) is 0 Å². The standard InChI is InChI=1S/C14H18N2O4S/c1-14(13(19)20)5-7-16(9-14)11(17)4-6-15-12(18)10-3-2-8-21-10/h2-3,8H,4-7,9H2,1H3,(H,15,18)(H,19,20). The van der Waals surface area contributed by atoms with Gasteiger partial charge in [0, 0.05) is 26.1 Å². The van der Waals surface area contributed by atoms with Crippen LogP contribution in [0.25, 0.3) is 0 Å². The minimum atomic E-state index is -0.871. The van der Waals surface area contributed by atoms with Crippen LogP contribution in [0.15, 0.2) is 17.5 Å². The number of likely N-dealkylation sites (tertiary alicyclic amines) is 1. The van der Waals surface area contributed by atoms with Crippen molar-refractivity contribution in [1.82, 2.24) is 10.2 Å². The summed E-state index contributed by atoms with van der Waals surface area (Å²) in [7, 11) is 0. The summed E-state index contributed by atoms with van der Waals surface area (Å²) in [5.74, 6) is -1.18. The molecule has 2 N–H and O–H groups in total. The Labute approximate surface area is 126 Å². The molecule has 0 radical (unpaired) electrons. The Morgan fingerprint density at radius 1 is 1.48 bits per heavy atom. The molecule has 1 aliphatic rings. The number of hydrogen-bond donors (Lipinski definition) is 2. The van der Waals surface area contributed by atoms with E-state index in [2.05, 4.69) is 5.32 Å². The van der Waals surface area contributed by atoms with E-state index in [-0.39, 0.29) is 31.3 Å². The van der Waals surface area contributed by atoms with E-state index in [0.29, 0.717) is 17.8 Å². The predicted octanol–water partition coefficient (Wildman–Crippen LogP) is 1.19. The third-order valence-corrected chi connectivity index (χ3v) is 4.58. The molecule has 1 fully saturated rings. The molecule has 0 aliphatic carbocycles. The topological polar surface area (TPSA) is 86.7 Å². The van der Waals surface area contributed by atoms with Gasteiger partial charge in [0.15, 0.2) is 0 Å². The number of hydrogen-bond acceptors (Lipinski definition) is 4. The van der Waals surface area contributed by atoms with E-state index in [1.807, 2.05) is 5.38 Å². The van der Waals surface area contributed by atoms with Gasteiger partial charge in [0.2, 0.25) is 5.91 Å². The van der Waals surface area contributed by atoms with Crippen molar-refractivity contribution in [1.29, 1.82) is 0 Å². The number of carboxylic acids is 1. The van der Waals surface area contributed by atoms with Crippen molar-refractivity contribution < 1.29 is 19.5 Å². The second-order valence-electron chi connectivity index (χ2n) is 5.41. The first-order chi connectivity index (χ1) is 9.92. The van der Waals surface area contributed by atoms with E-state index < -0.39 is 11.4 Å². The number of nitrogens with one attached hydrogen (secondary N) is 1. The molecule has 1 aromatic heterocycles. The summed E-state index contributed by atoms with van der Waals surface area (Å²) in [6.45, 7) is 2.61. The van der Waals surface area contributed by atoms with Crippen molar-refractivity contribution in [3.05, 3.63) is 22.4 Å². The average Bonchev–Trinajstić information content (AvgIpc) is 3.08. The second kappa shape index (κ2) is 6.26. The zero-order chi connectivity index (χ0) is 15.5. The molecule has 21 heavy (non-hydrogen) atoms. The lowest BCUT2D eigenvalue weighted by Gasteiger charge is -2.20. The van der Waals surface area contributed by atoms with Gasteiger partial charge in [-0.05, 0) is 24.8 Å². The summed E-state index contributed by atoms with van der Waals surface area (Å²) in [5.41, 5.74) is -0.851. The van der Waals surface area contributed by atoms with E-state index >= 15 is 0 Å². The van der Waals surface area contributed by atoms with Crippen LogP contribution in [0.3, 0.4) is 0 Å². The van der Waals surface area contributed by atoms with E-state index in [9.17, 15) is 14.4 Å². The molecule has 1 unspecified atom stereocenters. The molecule has 7 heteroatoms. The highest BCUT2D eigenvalue weighted by molar-refractivity contribution is 7.12. The number of nitrogens with zero attached hydrogens (tertiary/aromatic N) is 1. The molecule has 114 valence electrons. The minimum Gasteiger partial charge on any atom is -0.481 e. The summed E-state index contributed by atoms with van der Waals surface area (Å²) in [5, 5.41) is 13.6. The maximum atomic E-state index is 12.0. The summed E-state index contributed by atoms with van der Waals surface area (Å²) in [6.07, 6.45) is 0.655. The predicted molar refractivity (Wildman–Crippen MR) is 78.2 cm³/mol. The van der Waals surface area contributed by atoms with Gasteiger partial charge in [-0.25, -0.2) is 0 Å². The van der Waals surface area contributed by atoms with Crippen molar-refractivity contribution in [3.8, 4) is 0 Å². The van der Waals surface area contributed by atoms with Crippen molar-refractivity contribution in [2.75, 3.05) is 19.6 Å². The maximum Gasteiger partial charge on any atom is 0.311 e. The molecule has 1 saturated heterocycles. The van der Waals surface area contributed by atoms with Crippen molar-refractivity contribution >= 4 is 29.1 Å². The first-order valence-electron chi connectivity index (χ1n) is 6.75. The summed E-state index contributed by atoms with van der Waals surface area (Å²) < 4.78 is 0. The molecule has 2 rings (SSSR count). The molecule has 0 bridgehead atoms. The van der Waals surface area contributed by atoms with Gasteiger partial charge in [-0.15, -0.1) is 11.3 Å². The largest absolute Gasteiger partial charge is 0.481 e. The summed E-state index contributed by atoms with van der Waals surface area (Å²) in [4.78, 5) is 37.0.